The van der Waals surface area contributed by atoms with Gasteiger partial charge in [0, 0.05) is 21.0 Å². The average molecular weight is 355 g/mol. The van der Waals surface area contributed by atoms with E-state index in [1.807, 2.05) is 24.3 Å². The number of nitrogens with zero attached hydrogens (tertiary/aromatic N) is 1. The minimum absolute atomic E-state index is 0.0846. The third-order valence-corrected chi connectivity index (χ3v) is 3.27. The molecule has 4 nitrogen and oxygen atoms in total. The van der Waals surface area contributed by atoms with Crippen LogP contribution in [0.2, 0.25) is 0 Å². The predicted molar refractivity (Wildman–Crippen MR) is 75.4 cm³/mol. The number of Topliss-reactive ketones (excluding diaryl/α,β-unsaturated/α-hetero) is 1. The molecule has 5 heteroatoms. The molecule has 0 fully saturated rings. The maximum Gasteiger partial charge on any atom is 0.352 e. The van der Waals surface area contributed by atoms with Crippen molar-refractivity contribution in [2.24, 2.45) is 0 Å². The molecule has 0 saturated carbocycles. The Morgan fingerprint density at radius 2 is 1.83 bits per heavy atom. The number of ketones is 1. The van der Waals surface area contributed by atoms with E-state index in [0.29, 0.717) is 5.56 Å². The highest BCUT2D eigenvalue weighted by molar-refractivity contribution is 14.1. The molecule has 2 aromatic rings. The van der Waals surface area contributed by atoms with Crippen LogP contribution in [0, 0.1) is 3.57 Å². The van der Waals surface area contributed by atoms with Crippen LogP contribution >= 0.6 is 22.6 Å². The van der Waals surface area contributed by atoms with E-state index < -0.39 is 5.97 Å². The number of halogens is 1. The van der Waals surface area contributed by atoms with Gasteiger partial charge >= 0.3 is 5.97 Å². The summed E-state index contributed by atoms with van der Waals surface area (Å²) in [5, 5.41) is 9.14. The summed E-state index contributed by atoms with van der Waals surface area (Å²) in [6.07, 6.45) is 1.55. The largest absolute Gasteiger partial charge is 0.477 e. The van der Waals surface area contributed by atoms with Crippen molar-refractivity contribution in [2.75, 3.05) is 0 Å². The maximum absolute atomic E-state index is 11.3. The first-order valence-electron chi connectivity index (χ1n) is 5.21. The second-order valence-corrected chi connectivity index (χ2v) is 5.07. The summed E-state index contributed by atoms with van der Waals surface area (Å²) in [4.78, 5) is 22.5. The third-order valence-electron chi connectivity index (χ3n) is 2.55. The molecule has 92 valence electrons. The van der Waals surface area contributed by atoms with Gasteiger partial charge in [0.15, 0.2) is 5.78 Å². The van der Waals surface area contributed by atoms with Gasteiger partial charge in [-0.25, -0.2) is 4.79 Å². The predicted octanol–water partition coefficient (Wildman–Crippen LogP) is 2.98. The van der Waals surface area contributed by atoms with Crippen molar-refractivity contribution < 1.29 is 14.7 Å². The van der Waals surface area contributed by atoms with Crippen molar-refractivity contribution in [3.63, 3.8) is 0 Å². The average Bonchev–Trinajstić information content (AvgIpc) is 2.75. The molecule has 18 heavy (non-hydrogen) atoms. The summed E-state index contributed by atoms with van der Waals surface area (Å²) in [7, 11) is 0. The molecule has 0 atom stereocenters. The molecule has 1 N–H and O–H groups in total. The molecule has 0 amide bonds. The lowest BCUT2D eigenvalue weighted by molar-refractivity contribution is 0.0688. The fourth-order valence-corrected chi connectivity index (χ4v) is 1.99. The molecular formula is C13H10INO3. The molecule has 0 radical (unpaired) electrons. The Bertz CT molecular complexity index is 614. The van der Waals surface area contributed by atoms with Gasteiger partial charge in [0.2, 0.25) is 0 Å². The Morgan fingerprint density at radius 3 is 2.33 bits per heavy atom. The molecule has 2 rings (SSSR count). The first-order chi connectivity index (χ1) is 8.49. The summed E-state index contributed by atoms with van der Waals surface area (Å²) in [5.41, 5.74) is 1.20. The summed E-state index contributed by atoms with van der Waals surface area (Å²) < 4.78 is 2.57. The Morgan fingerprint density at radius 1 is 1.22 bits per heavy atom. The lowest BCUT2D eigenvalue weighted by Gasteiger charge is -2.05. The number of benzene rings is 1. The van der Waals surface area contributed by atoms with Crippen LogP contribution in [0.25, 0.3) is 5.69 Å². The second kappa shape index (κ2) is 4.93. The Labute approximate surface area is 117 Å². The van der Waals surface area contributed by atoms with Gasteiger partial charge in [0.25, 0.3) is 0 Å². The minimum Gasteiger partial charge on any atom is -0.477 e. The fraction of sp³-hybridized carbons (Fsp3) is 0.0769. The molecule has 0 unspecified atom stereocenters. The quantitative estimate of drug-likeness (QED) is 0.680. The van der Waals surface area contributed by atoms with Crippen molar-refractivity contribution >= 4 is 34.3 Å². The molecular weight excluding hydrogens is 345 g/mol. The standard InChI is InChI=1S/C13H10INO3/c1-8(16)9-6-12(13(17)18)15(7-9)11-4-2-10(14)3-5-11/h2-7H,1H3,(H,17,18). The Hall–Kier alpha value is -1.63. The second-order valence-electron chi connectivity index (χ2n) is 3.82. The van der Waals surface area contributed by atoms with Gasteiger partial charge in [-0.05, 0) is 59.8 Å². The van der Waals surface area contributed by atoms with E-state index in [0.717, 1.165) is 9.26 Å². The molecule has 1 aromatic heterocycles. The van der Waals surface area contributed by atoms with E-state index in [1.165, 1.54) is 17.6 Å². The number of hydrogen-bond donors (Lipinski definition) is 1. The number of aromatic nitrogens is 1. The van der Waals surface area contributed by atoms with Crippen LogP contribution in [0.4, 0.5) is 0 Å². The van der Waals surface area contributed by atoms with Crippen LogP contribution < -0.4 is 0 Å². The van der Waals surface area contributed by atoms with Gasteiger partial charge in [-0.2, -0.15) is 0 Å². The van der Waals surface area contributed by atoms with Gasteiger partial charge < -0.3 is 9.67 Å². The van der Waals surface area contributed by atoms with Crippen molar-refractivity contribution in [3.05, 3.63) is 51.4 Å². The zero-order chi connectivity index (χ0) is 13.3. The lowest BCUT2D eigenvalue weighted by atomic mass is 10.2. The molecule has 0 aliphatic rings. The minimum atomic E-state index is -1.05. The Balaban J connectivity index is 2.58. The number of carboxylic acid groups (broad SMARTS) is 1. The van der Waals surface area contributed by atoms with Gasteiger partial charge in [0.1, 0.15) is 5.69 Å². The molecule has 0 aliphatic heterocycles. The van der Waals surface area contributed by atoms with Crippen LogP contribution in [0.3, 0.4) is 0 Å². The monoisotopic (exact) mass is 355 g/mol. The zero-order valence-corrected chi connectivity index (χ0v) is 11.7. The maximum atomic E-state index is 11.3. The highest BCUT2D eigenvalue weighted by atomic mass is 127. The summed E-state index contributed by atoms with van der Waals surface area (Å²) in [5.74, 6) is -1.21. The van der Waals surface area contributed by atoms with E-state index in [2.05, 4.69) is 22.6 Å². The van der Waals surface area contributed by atoms with Crippen molar-refractivity contribution in [3.8, 4) is 5.69 Å². The van der Waals surface area contributed by atoms with Crippen LogP contribution in [0.1, 0.15) is 27.8 Å². The van der Waals surface area contributed by atoms with Crippen molar-refractivity contribution in [1.29, 1.82) is 0 Å². The van der Waals surface area contributed by atoms with Crippen molar-refractivity contribution in [2.45, 2.75) is 6.92 Å². The number of rotatable bonds is 3. The van der Waals surface area contributed by atoms with E-state index in [9.17, 15) is 9.59 Å². The molecule has 0 saturated heterocycles. The highest BCUT2D eigenvalue weighted by Gasteiger charge is 2.15. The Kier molecular flexibility index (Phi) is 3.51. The topological polar surface area (TPSA) is 59.3 Å². The van der Waals surface area contributed by atoms with Crippen LogP contribution in [0.5, 0.6) is 0 Å². The molecule has 0 aliphatic carbocycles. The van der Waals surface area contributed by atoms with Gasteiger partial charge in [-0.3, -0.25) is 4.79 Å². The first-order valence-corrected chi connectivity index (χ1v) is 6.29. The summed E-state index contributed by atoms with van der Waals surface area (Å²) >= 11 is 2.17. The smallest absolute Gasteiger partial charge is 0.352 e. The lowest BCUT2D eigenvalue weighted by Crippen LogP contribution is -2.05. The van der Waals surface area contributed by atoms with E-state index >= 15 is 0 Å². The van der Waals surface area contributed by atoms with Crippen molar-refractivity contribution in [1.82, 2.24) is 4.57 Å². The van der Waals surface area contributed by atoms with Gasteiger partial charge in [0.05, 0.1) is 0 Å². The molecule has 1 aromatic carbocycles. The highest BCUT2D eigenvalue weighted by Crippen LogP contribution is 2.18. The SMILES string of the molecule is CC(=O)c1cc(C(=O)O)n(-c2ccc(I)cc2)c1. The molecule has 1 heterocycles. The van der Waals surface area contributed by atoms with E-state index in [-0.39, 0.29) is 11.5 Å². The van der Waals surface area contributed by atoms with Crippen LogP contribution in [-0.4, -0.2) is 21.4 Å². The fourth-order valence-electron chi connectivity index (χ4n) is 1.64. The number of hydrogen-bond acceptors (Lipinski definition) is 2. The number of aromatic carboxylic acids is 1. The number of carbonyl (C=O) groups is 2. The summed E-state index contributed by atoms with van der Waals surface area (Å²) in [6.45, 7) is 1.42. The van der Waals surface area contributed by atoms with E-state index in [1.54, 1.807) is 6.20 Å². The van der Waals surface area contributed by atoms with Gasteiger partial charge in [-0.1, -0.05) is 0 Å². The molecule has 0 spiro atoms. The zero-order valence-electron chi connectivity index (χ0n) is 9.55. The number of carbonyl (C=O) groups excluding carboxylic acids is 1. The normalized spacial score (nSPS) is 10.3. The molecule has 0 bridgehead atoms. The first kappa shape index (κ1) is 12.8. The number of carboxylic acids is 1. The summed E-state index contributed by atoms with van der Waals surface area (Å²) in [6, 6.07) is 8.79. The van der Waals surface area contributed by atoms with Crippen LogP contribution in [0.15, 0.2) is 36.5 Å². The van der Waals surface area contributed by atoms with E-state index in [4.69, 9.17) is 5.11 Å². The third kappa shape index (κ3) is 2.45. The van der Waals surface area contributed by atoms with Gasteiger partial charge in [-0.15, -0.1) is 0 Å². The van der Waals surface area contributed by atoms with Crippen LogP contribution in [-0.2, 0) is 0 Å².